The summed E-state index contributed by atoms with van der Waals surface area (Å²) in [7, 11) is 3.97. The highest BCUT2D eigenvalue weighted by Crippen LogP contribution is 2.34. The third-order valence-electron chi connectivity index (χ3n) is 4.65. The molecule has 0 N–H and O–H groups in total. The molecule has 0 aliphatic rings. The van der Waals surface area contributed by atoms with E-state index in [1.54, 1.807) is 23.1 Å². The monoisotopic (exact) mass is 490 g/mol. The van der Waals surface area contributed by atoms with Gasteiger partial charge in [-0.15, -0.1) is 12.4 Å². The Morgan fingerprint density at radius 1 is 1.21 bits per heavy atom. The fraction of sp³-hybridized carbons (Fsp3) is 0.304. The van der Waals surface area contributed by atoms with Crippen LogP contribution in [0.15, 0.2) is 48.5 Å². The number of benzene rings is 2. The first-order valence-corrected chi connectivity index (χ1v) is 11.1. The minimum absolute atomic E-state index is 0. The predicted molar refractivity (Wildman–Crippen MR) is 136 cm³/mol. The van der Waals surface area contributed by atoms with Gasteiger partial charge in [0.25, 0.3) is 11.6 Å². The number of fused-ring (bicyclic) bond motifs is 1. The highest BCUT2D eigenvalue weighted by molar-refractivity contribution is 7.22. The number of ether oxygens (including phenoxy) is 1. The van der Waals surface area contributed by atoms with Gasteiger partial charge < -0.3 is 9.64 Å². The Hall–Kier alpha value is -3.01. The number of aromatic nitrogens is 1. The standard InChI is InChI=1S/C23H26N4O4S.ClH/c1-4-31-19-10-6-11-20-22(19)24-23(32-20)26(15-7-14-25(2)3)21(28)13-12-17-8-5-9-18(16-17)27(29)30;/h5-6,8-13,16H,4,7,14-15H2,1-3H3;1H. The lowest BCUT2D eigenvalue weighted by atomic mass is 10.2. The third-order valence-corrected chi connectivity index (χ3v) is 5.70. The molecule has 1 heterocycles. The number of carbonyl (C=O) groups is 1. The van der Waals surface area contributed by atoms with E-state index in [1.807, 2.05) is 39.2 Å². The molecule has 2 aromatic carbocycles. The Labute approximate surface area is 203 Å². The summed E-state index contributed by atoms with van der Waals surface area (Å²) in [6, 6.07) is 11.9. The molecule has 0 bridgehead atoms. The second kappa shape index (κ2) is 12.3. The van der Waals surface area contributed by atoms with Crippen molar-refractivity contribution in [1.29, 1.82) is 0 Å². The molecule has 0 saturated carbocycles. The van der Waals surface area contributed by atoms with E-state index < -0.39 is 4.92 Å². The fourth-order valence-electron chi connectivity index (χ4n) is 3.14. The van der Waals surface area contributed by atoms with E-state index in [1.165, 1.54) is 29.5 Å². The number of nitro benzene ring substituents is 1. The second-order valence-corrected chi connectivity index (χ2v) is 8.37. The predicted octanol–water partition coefficient (Wildman–Crippen LogP) is 5.02. The number of para-hydroxylation sites is 1. The zero-order valence-corrected chi connectivity index (χ0v) is 20.4. The van der Waals surface area contributed by atoms with Gasteiger partial charge in [0.1, 0.15) is 11.3 Å². The SMILES string of the molecule is CCOc1cccc2sc(N(CCCN(C)C)C(=O)C=Cc3cccc([N+](=O)[O-])c3)nc12.Cl. The van der Waals surface area contributed by atoms with Gasteiger partial charge in [-0.2, -0.15) is 0 Å². The molecule has 0 fully saturated rings. The van der Waals surface area contributed by atoms with Crippen molar-refractivity contribution in [3.8, 4) is 5.75 Å². The average Bonchev–Trinajstić information content (AvgIpc) is 3.20. The van der Waals surface area contributed by atoms with Crippen molar-refractivity contribution in [2.24, 2.45) is 0 Å². The Balaban J connectivity index is 0.00000385. The molecule has 8 nitrogen and oxygen atoms in total. The highest BCUT2D eigenvalue weighted by Gasteiger charge is 2.19. The van der Waals surface area contributed by atoms with Crippen LogP contribution in [0.25, 0.3) is 16.3 Å². The molecule has 0 saturated heterocycles. The van der Waals surface area contributed by atoms with Crippen LogP contribution in [0.5, 0.6) is 5.75 Å². The molecule has 0 unspecified atom stereocenters. The number of amides is 1. The largest absolute Gasteiger partial charge is 0.492 e. The van der Waals surface area contributed by atoms with Gasteiger partial charge >= 0.3 is 0 Å². The molecular formula is C23H27ClN4O4S. The smallest absolute Gasteiger partial charge is 0.270 e. The molecule has 33 heavy (non-hydrogen) atoms. The number of hydrogen-bond donors (Lipinski definition) is 0. The van der Waals surface area contributed by atoms with E-state index in [2.05, 4.69) is 4.90 Å². The van der Waals surface area contributed by atoms with E-state index in [0.29, 0.717) is 29.6 Å². The topological polar surface area (TPSA) is 88.8 Å². The normalized spacial score (nSPS) is 11.0. The molecule has 10 heteroatoms. The second-order valence-electron chi connectivity index (χ2n) is 7.36. The van der Waals surface area contributed by atoms with Crippen LogP contribution < -0.4 is 9.64 Å². The Morgan fingerprint density at radius 2 is 1.97 bits per heavy atom. The Bertz CT molecular complexity index is 1130. The minimum Gasteiger partial charge on any atom is -0.492 e. The number of nitro groups is 1. The maximum atomic E-state index is 13.1. The molecule has 1 amide bonds. The van der Waals surface area contributed by atoms with Crippen LogP contribution in [-0.2, 0) is 4.79 Å². The van der Waals surface area contributed by atoms with Crippen molar-refractivity contribution < 1.29 is 14.5 Å². The van der Waals surface area contributed by atoms with Crippen molar-refractivity contribution in [2.75, 3.05) is 38.7 Å². The number of nitrogens with zero attached hydrogens (tertiary/aromatic N) is 4. The molecule has 3 aromatic rings. The van der Waals surface area contributed by atoms with E-state index in [9.17, 15) is 14.9 Å². The van der Waals surface area contributed by atoms with Gasteiger partial charge in [0.15, 0.2) is 5.13 Å². The van der Waals surface area contributed by atoms with Gasteiger partial charge in [-0.1, -0.05) is 29.5 Å². The first-order chi connectivity index (χ1) is 15.4. The van der Waals surface area contributed by atoms with Gasteiger partial charge in [0.2, 0.25) is 0 Å². The van der Waals surface area contributed by atoms with Crippen LogP contribution in [-0.4, -0.2) is 54.5 Å². The van der Waals surface area contributed by atoms with Crippen LogP contribution in [0.1, 0.15) is 18.9 Å². The Morgan fingerprint density at radius 3 is 2.67 bits per heavy atom. The van der Waals surface area contributed by atoms with Gasteiger partial charge in [0, 0.05) is 24.8 Å². The zero-order chi connectivity index (χ0) is 23.1. The summed E-state index contributed by atoms with van der Waals surface area (Å²) in [5.41, 5.74) is 1.31. The van der Waals surface area contributed by atoms with Crippen LogP contribution in [0.2, 0.25) is 0 Å². The number of rotatable bonds is 10. The van der Waals surface area contributed by atoms with E-state index in [0.717, 1.165) is 23.2 Å². The molecule has 3 rings (SSSR count). The van der Waals surface area contributed by atoms with Crippen molar-refractivity contribution in [1.82, 2.24) is 9.88 Å². The van der Waals surface area contributed by atoms with Crippen molar-refractivity contribution in [3.05, 3.63) is 64.2 Å². The number of hydrogen-bond acceptors (Lipinski definition) is 7. The van der Waals surface area contributed by atoms with Crippen LogP contribution >= 0.6 is 23.7 Å². The molecule has 176 valence electrons. The molecule has 1 aromatic heterocycles. The number of anilines is 1. The van der Waals surface area contributed by atoms with Gasteiger partial charge in [-0.05, 0) is 57.8 Å². The molecule has 0 spiro atoms. The first-order valence-electron chi connectivity index (χ1n) is 10.3. The maximum Gasteiger partial charge on any atom is 0.270 e. The van der Waals surface area contributed by atoms with Gasteiger partial charge in [0.05, 0.1) is 16.2 Å². The molecule has 0 radical (unpaired) electrons. The molecule has 0 atom stereocenters. The van der Waals surface area contributed by atoms with E-state index >= 15 is 0 Å². The van der Waals surface area contributed by atoms with Gasteiger partial charge in [-0.25, -0.2) is 4.98 Å². The molecule has 0 aliphatic heterocycles. The van der Waals surface area contributed by atoms with Crippen LogP contribution in [0.4, 0.5) is 10.8 Å². The number of non-ortho nitro benzene ring substituents is 1. The highest BCUT2D eigenvalue weighted by atomic mass is 35.5. The maximum absolute atomic E-state index is 13.1. The summed E-state index contributed by atoms with van der Waals surface area (Å²) < 4.78 is 6.63. The number of halogens is 1. The Kier molecular flexibility index (Phi) is 9.77. The quantitative estimate of drug-likeness (QED) is 0.225. The third kappa shape index (κ3) is 6.98. The summed E-state index contributed by atoms with van der Waals surface area (Å²) in [5.74, 6) is 0.465. The van der Waals surface area contributed by atoms with Crippen molar-refractivity contribution in [2.45, 2.75) is 13.3 Å². The lowest BCUT2D eigenvalue weighted by Crippen LogP contribution is -2.32. The zero-order valence-electron chi connectivity index (χ0n) is 18.8. The molecule has 0 aliphatic carbocycles. The van der Waals surface area contributed by atoms with E-state index in [-0.39, 0.29) is 24.0 Å². The number of carbonyl (C=O) groups excluding carboxylic acids is 1. The lowest BCUT2D eigenvalue weighted by molar-refractivity contribution is -0.384. The summed E-state index contributed by atoms with van der Waals surface area (Å²) in [5, 5.41) is 11.6. The summed E-state index contributed by atoms with van der Waals surface area (Å²) in [6.07, 6.45) is 3.80. The molecular weight excluding hydrogens is 464 g/mol. The van der Waals surface area contributed by atoms with Gasteiger partial charge in [-0.3, -0.25) is 19.8 Å². The summed E-state index contributed by atoms with van der Waals surface area (Å²) in [6.45, 7) is 3.78. The summed E-state index contributed by atoms with van der Waals surface area (Å²) >= 11 is 1.44. The average molecular weight is 491 g/mol. The number of thiazole rings is 1. The lowest BCUT2D eigenvalue weighted by Gasteiger charge is -2.19. The van der Waals surface area contributed by atoms with Crippen LogP contribution in [0.3, 0.4) is 0 Å². The minimum atomic E-state index is -0.455. The van der Waals surface area contributed by atoms with Crippen LogP contribution in [0, 0.1) is 10.1 Å². The fourth-order valence-corrected chi connectivity index (χ4v) is 4.16. The first kappa shape index (κ1) is 26.2. The van der Waals surface area contributed by atoms with Crippen molar-refractivity contribution >= 4 is 56.8 Å². The van der Waals surface area contributed by atoms with Crippen molar-refractivity contribution in [3.63, 3.8) is 0 Å². The van der Waals surface area contributed by atoms with E-state index in [4.69, 9.17) is 9.72 Å². The summed E-state index contributed by atoms with van der Waals surface area (Å²) in [4.78, 5) is 32.1.